The number of morpholine rings is 1. The molecule has 1 atom stereocenters. The van der Waals surface area contributed by atoms with Crippen molar-refractivity contribution in [1.29, 1.82) is 0 Å². The fourth-order valence-corrected chi connectivity index (χ4v) is 5.84. The maximum absolute atomic E-state index is 14.1. The number of carbonyl (C=O) groups is 1. The van der Waals surface area contributed by atoms with E-state index in [1.54, 1.807) is 11.9 Å². The van der Waals surface area contributed by atoms with Crippen LogP contribution in [0.3, 0.4) is 0 Å². The van der Waals surface area contributed by atoms with E-state index < -0.39 is 0 Å². The second kappa shape index (κ2) is 13.5. The van der Waals surface area contributed by atoms with E-state index in [1.807, 2.05) is 91.9 Å². The van der Waals surface area contributed by atoms with Crippen molar-refractivity contribution in [3.63, 3.8) is 0 Å². The Morgan fingerprint density at radius 3 is 2.71 bits per heavy atom. The first kappa shape index (κ1) is 30.3. The third-order valence-electron chi connectivity index (χ3n) is 7.95. The molecule has 1 fully saturated rings. The lowest BCUT2D eigenvalue weighted by Gasteiger charge is -2.32. The van der Waals surface area contributed by atoms with Crippen LogP contribution < -0.4 is 10.0 Å². The summed E-state index contributed by atoms with van der Waals surface area (Å²) in [5, 5.41) is 18.4. The summed E-state index contributed by atoms with van der Waals surface area (Å²) in [5.41, 5.74) is 5.68. The number of amides is 1. The molecule has 9 nitrogen and oxygen atoms in total. The van der Waals surface area contributed by atoms with Crippen LogP contribution in [0.1, 0.15) is 23.4 Å². The van der Waals surface area contributed by atoms with Gasteiger partial charge in [-0.2, -0.15) is 4.73 Å². The van der Waals surface area contributed by atoms with Gasteiger partial charge in [-0.3, -0.25) is 4.98 Å². The molecule has 1 amide bonds. The number of nitrogens with one attached hydrogen (secondary N) is 1. The van der Waals surface area contributed by atoms with Gasteiger partial charge in [-0.1, -0.05) is 54.1 Å². The summed E-state index contributed by atoms with van der Waals surface area (Å²) in [5.74, 6) is 0.658. The Morgan fingerprint density at radius 2 is 1.93 bits per heavy atom. The summed E-state index contributed by atoms with van der Waals surface area (Å²) in [6, 6.07) is 26.7. The Labute approximate surface area is 267 Å². The molecule has 1 saturated heterocycles. The van der Waals surface area contributed by atoms with Crippen molar-refractivity contribution in [2.75, 3.05) is 32.1 Å². The number of aryl methyl sites for hydroxylation is 2. The van der Waals surface area contributed by atoms with Crippen LogP contribution in [0.5, 0.6) is 0 Å². The van der Waals surface area contributed by atoms with Gasteiger partial charge in [0.1, 0.15) is 17.9 Å². The Kier molecular flexibility index (Phi) is 9.09. The number of anilines is 1. The number of hydrogen-bond donors (Lipinski definition) is 1. The van der Waals surface area contributed by atoms with Crippen LogP contribution in [-0.4, -0.2) is 53.8 Å². The first-order valence-electron chi connectivity index (χ1n) is 14.9. The number of nitrogens with zero attached hydrogens (tertiary/aromatic N) is 4. The zero-order chi connectivity index (χ0) is 31.3. The van der Waals surface area contributed by atoms with Crippen LogP contribution in [0.25, 0.3) is 33.4 Å². The molecule has 10 heteroatoms. The molecule has 0 spiro atoms. The van der Waals surface area contributed by atoms with Gasteiger partial charge in [-0.05, 0) is 55.3 Å². The number of fused-ring (bicyclic) bond motifs is 1. The topological polar surface area (TPSA) is 104 Å². The fourth-order valence-electron chi connectivity index (χ4n) is 5.57. The van der Waals surface area contributed by atoms with Gasteiger partial charge < -0.3 is 24.9 Å². The van der Waals surface area contributed by atoms with E-state index in [2.05, 4.69) is 10.3 Å². The van der Waals surface area contributed by atoms with Gasteiger partial charge >= 0.3 is 6.09 Å². The lowest BCUT2D eigenvalue weighted by atomic mass is 10.0. The second-order valence-electron chi connectivity index (χ2n) is 11.0. The number of rotatable bonds is 8. The summed E-state index contributed by atoms with van der Waals surface area (Å²) in [6.07, 6.45) is 0.256. The molecule has 0 radical (unpaired) electrons. The maximum atomic E-state index is 14.1. The van der Waals surface area contributed by atoms with Crippen LogP contribution in [0.15, 0.2) is 84.9 Å². The highest BCUT2D eigenvalue weighted by Crippen LogP contribution is 2.33. The number of benzene rings is 2. The summed E-state index contributed by atoms with van der Waals surface area (Å²) < 4.78 is 12.5. The number of pyridine rings is 3. The van der Waals surface area contributed by atoms with E-state index in [4.69, 9.17) is 26.1 Å². The molecule has 1 aliphatic rings. The van der Waals surface area contributed by atoms with Crippen molar-refractivity contribution in [2.24, 2.45) is 0 Å². The molecule has 3 aromatic heterocycles. The summed E-state index contributed by atoms with van der Waals surface area (Å²) in [7, 11) is 1.79. The third kappa shape index (κ3) is 6.84. The fraction of sp³-hybridized carbons (Fsp3) is 0.257. The van der Waals surface area contributed by atoms with Gasteiger partial charge in [0.2, 0.25) is 11.4 Å². The Hall–Kier alpha value is -4.73. The van der Waals surface area contributed by atoms with Crippen LogP contribution in [0.4, 0.5) is 10.6 Å². The quantitative estimate of drug-likeness (QED) is 0.154. The van der Waals surface area contributed by atoms with Gasteiger partial charge in [0.15, 0.2) is 0 Å². The molecular weight excluding hydrogens is 590 g/mol. The molecule has 0 bridgehead atoms. The molecule has 45 heavy (non-hydrogen) atoms. The highest BCUT2D eigenvalue weighted by molar-refractivity contribution is 6.33. The monoisotopic (exact) mass is 623 g/mol. The molecule has 0 saturated carbocycles. The van der Waals surface area contributed by atoms with Gasteiger partial charge in [0.05, 0.1) is 35.5 Å². The zero-order valence-electron chi connectivity index (χ0n) is 25.2. The highest BCUT2D eigenvalue weighted by Gasteiger charge is 2.28. The standard InChI is InChI=1S/C35H34ClN5O4/c1-23-7-6-10-30(38-23)25-11-14-28(29(36)19-25)32-20-26-12-16-33(37-2)39-34(26)31(41(32)43)15-13-27-21-40(17-18-44-27)35(42)45-22-24-8-4-3-5-9-24/h3-12,14,16,19-20,27H,13,15,17-18,21-22H2,1-2H3,(H,37,39). The van der Waals surface area contributed by atoms with E-state index >= 15 is 0 Å². The van der Waals surface area contributed by atoms with Gasteiger partial charge in [0.25, 0.3) is 0 Å². The minimum absolute atomic E-state index is 0.209. The van der Waals surface area contributed by atoms with E-state index in [1.165, 1.54) is 0 Å². The molecule has 4 heterocycles. The smallest absolute Gasteiger partial charge is 0.410 e. The molecule has 230 valence electrons. The first-order chi connectivity index (χ1) is 21.9. The third-order valence-corrected chi connectivity index (χ3v) is 8.26. The SMILES string of the molecule is CNc1ccc2cc(-c3ccc(-c4cccc(C)n4)cc3Cl)[n+]([O-])c(CCC3CN(C(=O)OCc4ccccc4)CCO3)c2n1. The van der Waals surface area contributed by atoms with Crippen LogP contribution >= 0.6 is 11.6 Å². The first-order valence-corrected chi connectivity index (χ1v) is 15.3. The van der Waals surface area contributed by atoms with E-state index in [0.717, 1.165) is 32.6 Å². The molecule has 1 N–H and O–H groups in total. The summed E-state index contributed by atoms with van der Waals surface area (Å²) in [6.45, 7) is 3.37. The zero-order valence-corrected chi connectivity index (χ0v) is 26.0. The van der Waals surface area contributed by atoms with Crippen molar-refractivity contribution in [3.05, 3.63) is 112 Å². The molecule has 5 aromatic rings. The average Bonchev–Trinajstić information content (AvgIpc) is 3.07. The number of ether oxygens (including phenoxy) is 2. The van der Waals surface area contributed by atoms with Crippen LogP contribution in [0, 0.1) is 12.1 Å². The number of carbonyl (C=O) groups excluding carboxylic acids is 1. The molecule has 6 rings (SSSR count). The lowest BCUT2D eigenvalue weighted by molar-refractivity contribution is -0.601. The van der Waals surface area contributed by atoms with Crippen molar-refractivity contribution < 1.29 is 19.0 Å². The maximum Gasteiger partial charge on any atom is 0.410 e. The Balaban J connectivity index is 1.25. The Bertz CT molecular complexity index is 1830. The highest BCUT2D eigenvalue weighted by atomic mass is 35.5. The van der Waals surface area contributed by atoms with Gasteiger partial charge in [-0.15, -0.1) is 0 Å². The largest absolute Gasteiger partial charge is 0.618 e. The Morgan fingerprint density at radius 1 is 1.09 bits per heavy atom. The molecule has 1 unspecified atom stereocenters. The van der Waals surface area contributed by atoms with Crippen molar-refractivity contribution in [1.82, 2.24) is 14.9 Å². The number of halogens is 1. The average molecular weight is 624 g/mol. The van der Waals surface area contributed by atoms with Crippen LogP contribution in [0.2, 0.25) is 5.02 Å². The molecular formula is C35H34ClN5O4. The van der Waals surface area contributed by atoms with Crippen molar-refractivity contribution in [3.8, 4) is 22.5 Å². The summed E-state index contributed by atoms with van der Waals surface area (Å²) >= 11 is 6.81. The minimum atomic E-state index is -0.377. The molecule has 2 aromatic carbocycles. The predicted octanol–water partition coefficient (Wildman–Crippen LogP) is 6.57. The normalized spacial score (nSPS) is 14.8. The number of hydrogen-bond acceptors (Lipinski definition) is 7. The van der Waals surface area contributed by atoms with Crippen molar-refractivity contribution in [2.45, 2.75) is 32.5 Å². The number of aromatic nitrogens is 3. The lowest BCUT2D eigenvalue weighted by Crippen LogP contribution is -2.46. The predicted molar refractivity (Wildman–Crippen MR) is 175 cm³/mol. The molecule has 0 aliphatic carbocycles. The van der Waals surface area contributed by atoms with E-state index in [0.29, 0.717) is 65.8 Å². The minimum Gasteiger partial charge on any atom is -0.618 e. The summed E-state index contributed by atoms with van der Waals surface area (Å²) in [4.78, 5) is 23.8. The van der Waals surface area contributed by atoms with E-state index in [-0.39, 0.29) is 18.8 Å². The van der Waals surface area contributed by atoms with Gasteiger partial charge in [-0.25, -0.2) is 9.78 Å². The molecule has 1 aliphatic heterocycles. The van der Waals surface area contributed by atoms with E-state index in [9.17, 15) is 10.0 Å². The van der Waals surface area contributed by atoms with Crippen molar-refractivity contribution >= 4 is 34.4 Å². The van der Waals surface area contributed by atoms with Crippen LogP contribution in [-0.2, 0) is 22.5 Å². The second-order valence-corrected chi connectivity index (χ2v) is 11.4. The van der Waals surface area contributed by atoms with Gasteiger partial charge in [0, 0.05) is 42.7 Å².